The van der Waals surface area contributed by atoms with Gasteiger partial charge in [-0.1, -0.05) is 0 Å². The molecule has 1 aliphatic heterocycles. The molecule has 0 radical (unpaired) electrons. The average molecular weight is 287 g/mol. The Morgan fingerprint density at radius 3 is 2.79 bits per heavy atom. The van der Waals surface area contributed by atoms with Gasteiger partial charge >= 0.3 is 0 Å². The number of nitrogens with two attached hydrogens (primary N) is 1. The molecule has 0 aromatic heterocycles. The lowest BCUT2D eigenvalue weighted by atomic mass is 10.2. The number of hydrogen-bond acceptors (Lipinski definition) is 4. The number of amides is 1. The molecular formula is C11H14FN3O3S. The van der Waals surface area contributed by atoms with Crippen molar-refractivity contribution in [2.45, 2.75) is 11.4 Å². The predicted molar refractivity (Wildman–Crippen MR) is 66.1 cm³/mol. The number of carbonyl (C=O) groups excluding carboxylic acids is 1. The SMILES string of the molecule is NCc1cc(S(=O)(=O)N2CCNC(=O)C2)ccc1F. The fourth-order valence-corrected chi connectivity index (χ4v) is 3.29. The van der Waals surface area contributed by atoms with Crippen LogP contribution in [0, 0.1) is 5.82 Å². The number of sulfonamides is 1. The van der Waals surface area contributed by atoms with Crippen LogP contribution in [0.25, 0.3) is 0 Å². The first kappa shape index (κ1) is 13.9. The highest BCUT2D eigenvalue weighted by Gasteiger charge is 2.29. The summed E-state index contributed by atoms with van der Waals surface area (Å²) in [5.41, 5.74) is 5.48. The van der Waals surface area contributed by atoms with Gasteiger partial charge < -0.3 is 11.1 Å². The van der Waals surface area contributed by atoms with Crippen LogP contribution in [-0.2, 0) is 21.4 Å². The maximum Gasteiger partial charge on any atom is 0.243 e. The number of nitrogens with one attached hydrogen (secondary N) is 1. The zero-order valence-electron chi connectivity index (χ0n) is 10.1. The quantitative estimate of drug-likeness (QED) is 0.777. The summed E-state index contributed by atoms with van der Waals surface area (Å²) in [7, 11) is -3.79. The summed E-state index contributed by atoms with van der Waals surface area (Å²) in [4.78, 5) is 11.2. The molecule has 0 saturated carbocycles. The second-order valence-corrected chi connectivity index (χ2v) is 6.08. The minimum absolute atomic E-state index is 0.0518. The first-order chi connectivity index (χ1) is 8.95. The van der Waals surface area contributed by atoms with Crippen LogP contribution in [0.5, 0.6) is 0 Å². The maximum absolute atomic E-state index is 13.3. The minimum Gasteiger partial charge on any atom is -0.354 e. The molecule has 0 spiro atoms. The molecule has 0 bridgehead atoms. The van der Waals surface area contributed by atoms with E-state index in [1.807, 2.05) is 0 Å². The fraction of sp³-hybridized carbons (Fsp3) is 0.364. The van der Waals surface area contributed by atoms with Gasteiger partial charge in [-0.25, -0.2) is 12.8 Å². The largest absolute Gasteiger partial charge is 0.354 e. The monoisotopic (exact) mass is 287 g/mol. The zero-order valence-corrected chi connectivity index (χ0v) is 10.9. The third kappa shape index (κ3) is 2.75. The van der Waals surface area contributed by atoms with Crippen LogP contribution in [0.3, 0.4) is 0 Å². The van der Waals surface area contributed by atoms with Crippen molar-refractivity contribution in [2.75, 3.05) is 19.6 Å². The van der Waals surface area contributed by atoms with Crippen LogP contribution in [0.15, 0.2) is 23.1 Å². The molecule has 1 aliphatic rings. The van der Waals surface area contributed by atoms with Gasteiger partial charge in [0, 0.05) is 25.2 Å². The molecule has 1 saturated heterocycles. The maximum atomic E-state index is 13.3. The van der Waals surface area contributed by atoms with Crippen LogP contribution < -0.4 is 11.1 Å². The van der Waals surface area contributed by atoms with Gasteiger partial charge in [0.2, 0.25) is 15.9 Å². The third-order valence-corrected chi connectivity index (χ3v) is 4.72. The van der Waals surface area contributed by atoms with Crippen molar-refractivity contribution in [2.24, 2.45) is 5.73 Å². The van der Waals surface area contributed by atoms with E-state index in [-0.39, 0.29) is 42.5 Å². The van der Waals surface area contributed by atoms with Crippen molar-refractivity contribution in [3.63, 3.8) is 0 Å². The summed E-state index contributed by atoms with van der Waals surface area (Å²) in [6.45, 7) is 0.153. The molecule has 0 unspecified atom stereocenters. The summed E-state index contributed by atoms with van der Waals surface area (Å²) >= 11 is 0. The Morgan fingerprint density at radius 2 is 2.16 bits per heavy atom. The van der Waals surface area contributed by atoms with Crippen molar-refractivity contribution in [3.8, 4) is 0 Å². The molecule has 2 rings (SSSR count). The van der Waals surface area contributed by atoms with E-state index in [1.165, 1.54) is 12.1 Å². The van der Waals surface area contributed by atoms with Crippen molar-refractivity contribution in [1.82, 2.24) is 9.62 Å². The Morgan fingerprint density at radius 1 is 1.42 bits per heavy atom. The van der Waals surface area contributed by atoms with Crippen molar-refractivity contribution in [1.29, 1.82) is 0 Å². The molecule has 1 heterocycles. The molecule has 19 heavy (non-hydrogen) atoms. The van der Waals surface area contributed by atoms with E-state index in [0.29, 0.717) is 0 Å². The van der Waals surface area contributed by atoms with E-state index in [2.05, 4.69) is 5.32 Å². The number of benzene rings is 1. The Balaban J connectivity index is 2.36. The summed E-state index contributed by atoms with van der Waals surface area (Å²) in [5, 5.41) is 2.54. The van der Waals surface area contributed by atoms with Crippen molar-refractivity contribution in [3.05, 3.63) is 29.6 Å². The van der Waals surface area contributed by atoms with Crippen LogP contribution in [0.4, 0.5) is 4.39 Å². The molecular weight excluding hydrogens is 273 g/mol. The fourth-order valence-electron chi connectivity index (χ4n) is 1.84. The lowest BCUT2D eigenvalue weighted by Crippen LogP contribution is -2.49. The van der Waals surface area contributed by atoms with Gasteiger partial charge in [-0.2, -0.15) is 4.31 Å². The highest BCUT2D eigenvalue weighted by molar-refractivity contribution is 7.89. The number of piperazine rings is 1. The summed E-state index contributed by atoms with van der Waals surface area (Å²) in [5.74, 6) is -0.895. The van der Waals surface area contributed by atoms with Gasteiger partial charge in [0.1, 0.15) is 5.82 Å². The van der Waals surface area contributed by atoms with Gasteiger partial charge in [0.25, 0.3) is 0 Å². The Bertz CT molecular complexity index is 603. The smallest absolute Gasteiger partial charge is 0.243 e. The molecule has 104 valence electrons. The van der Waals surface area contributed by atoms with Crippen LogP contribution >= 0.6 is 0 Å². The van der Waals surface area contributed by atoms with Crippen molar-refractivity contribution >= 4 is 15.9 Å². The minimum atomic E-state index is -3.79. The first-order valence-electron chi connectivity index (χ1n) is 5.70. The Hall–Kier alpha value is -1.51. The number of nitrogens with zero attached hydrogens (tertiary/aromatic N) is 1. The standard InChI is InChI=1S/C11H14FN3O3S/c12-10-2-1-9(5-8(10)6-13)19(17,18)15-4-3-14-11(16)7-15/h1-2,5H,3-4,6-7,13H2,(H,14,16). The third-order valence-electron chi connectivity index (χ3n) is 2.88. The number of hydrogen-bond donors (Lipinski definition) is 2. The first-order valence-corrected chi connectivity index (χ1v) is 7.14. The molecule has 3 N–H and O–H groups in total. The van der Waals surface area contributed by atoms with Gasteiger partial charge in [-0.3, -0.25) is 4.79 Å². The van der Waals surface area contributed by atoms with Crippen molar-refractivity contribution < 1.29 is 17.6 Å². The van der Waals surface area contributed by atoms with Gasteiger partial charge in [-0.15, -0.1) is 0 Å². The van der Waals surface area contributed by atoms with Crippen LogP contribution in [0.1, 0.15) is 5.56 Å². The lowest BCUT2D eigenvalue weighted by molar-refractivity contribution is -0.122. The predicted octanol–water partition coefficient (Wildman–Crippen LogP) is -0.595. The van der Waals surface area contributed by atoms with E-state index in [4.69, 9.17) is 5.73 Å². The molecule has 0 atom stereocenters. The molecule has 1 amide bonds. The number of rotatable bonds is 3. The Kier molecular flexibility index (Phi) is 3.83. The van der Waals surface area contributed by atoms with Gasteiger partial charge in [-0.05, 0) is 18.2 Å². The molecule has 0 aliphatic carbocycles. The van der Waals surface area contributed by atoms with E-state index < -0.39 is 15.8 Å². The summed E-state index contributed by atoms with van der Waals surface area (Å²) in [6, 6.07) is 3.45. The van der Waals surface area contributed by atoms with Crippen LogP contribution in [0.2, 0.25) is 0 Å². The molecule has 1 fully saturated rings. The van der Waals surface area contributed by atoms with E-state index in [9.17, 15) is 17.6 Å². The normalized spacial score (nSPS) is 17.3. The average Bonchev–Trinajstić information content (AvgIpc) is 2.39. The highest BCUT2D eigenvalue weighted by atomic mass is 32.2. The molecule has 6 nitrogen and oxygen atoms in total. The zero-order chi connectivity index (χ0) is 14.0. The van der Waals surface area contributed by atoms with E-state index in [1.54, 1.807) is 0 Å². The van der Waals surface area contributed by atoms with Gasteiger partial charge in [0.15, 0.2) is 0 Å². The second kappa shape index (κ2) is 5.24. The molecule has 1 aromatic rings. The molecule has 1 aromatic carbocycles. The van der Waals surface area contributed by atoms with E-state index >= 15 is 0 Å². The molecule has 8 heteroatoms. The van der Waals surface area contributed by atoms with Gasteiger partial charge in [0.05, 0.1) is 11.4 Å². The topological polar surface area (TPSA) is 92.5 Å². The number of halogens is 1. The van der Waals surface area contributed by atoms with E-state index in [0.717, 1.165) is 10.4 Å². The highest BCUT2D eigenvalue weighted by Crippen LogP contribution is 2.19. The summed E-state index contributed by atoms with van der Waals surface area (Å²) < 4.78 is 39.0. The van der Waals surface area contributed by atoms with Crippen LogP contribution in [-0.4, -0.2) is 38.3 Å². The lowest BCUT2D eigenvalue weighted by Gasteiger charge is -2.26. The Labute approximate surface area is 110 Å². The second-order valence-electron chi connectivity index (χ2n) is 4.15. The summed E-state index contributed by atoms with van der Waals surface area (Å²) in [6.07, 6.45) is 0. The number of carbonyl (C=O) groups is 1.